The first-order valence-corrected chi connectivity index (χ1v) is 11.3. The quantitative estimate of drug-likeness (QED) is 0.261. The van der Waals surface area contributed by atoms with E-state index in [-0.39, 0.29) is 11.3 Å². The Labute approximate surface area is 210 Å². The summed E-state index contributed by atoms with van der Waals surface area (Å²) < 4.78 is 38.6. The molecule has 0 aliphatic rings. The number of hydrogen-bond donors (Lipinski definition) is 3. The summed E-state index contributed by atoms with van der Waals surface area (Å²) in [6.07, 6.45) is -4.87. The maximum Gasteiger partial charge on any atom is 0.416 e. The smallest absolute Gasteiger partial charge is 0.416 e. The van der Waals surface area contributed by atoms with Crippen LogP contribution in [0.4, 0.5) is 13.2 Å². The third kappa shape index (κ3) is 6.16. The van der Waals surface area contributed by atoms with Gasteiger partial charge < -0.3 is 15.5 Å². The molecule has 0 saturated heterocycles. The molecule has 1 unspecified atom stereocenters. The topological polar surface area (TPSA) is 86.6 Å². The molecule has 3 N–H and O–H groups in total. The highest BCUT2D eigenvalue weighted by Gasteiger charge is 2.30. The number of rotatable bonds is 7. The first-order valence-electron chi connectivity index (χ1n) is 11.3. The number of amides is 1. The molecule has 8 heteroatoms. The van der Waals surface area contributed by atoms with Crippen LogP contribution in [0.1, 0.15) is 33.9 Å². The van der Waals surface area contributed by atoms with Crippen molar-refractivity contribution in [3.63, 3.8) is 0 Å². The number of aromatic hydroxyl groups is 1. The second kappa shape index (κ2) is 10.6. The van der Waals surface area contributed by atoms with Crippen molar-refractivity contribution in [1.82, 2.24) is 5.32 Å². The molecule has 4 aromatic rings. The van der Waals surface area contributed by atoms with E-state index >= 15 is 0 Å². The Morgan fingerprint density at radius 2 is 1.30 bits per heavy atom. The molecular formula is C29H22F3NO4. The van der Waals surface area contributed by atoms with Gasteiger partial charge in [0.1, 0.15) is 5.75 Å². The zero-order valence-corrected chi connectivity index (χ0v) is 19.4. The summed E-state index contributed by atoms with van der Waals surface area (Å²) in [7, 11) is 0. The van der Waals surface area contributed by atoms with E-state index < -0.39 is 36.1 Å². The van der Waals surface area contributed by atoms with Gasteiger partial charge in [-0.05, 0) is 52.1 Å². The maximum atomic E-state index is 13.1. The number of carboxylic acid groups (broad SMARTS) is 1. The predicted octanol–water partition coefficient (Wildman–Crippen LogP) is 6.69. The van der Waals surface area contributed by atoms with Gasteiger partial charge in [-0.1, -0.05) is 72.8 Å². The third-order valence-electron chi connectivity index (χ3n) is 5.89. The number of phenolic OH excluding ortho intramolecular Hbond substituents is 1. The normalized spacial score (nSPS) is 12.1. The van der Waals surface area contributed by atoms with Crippen molar-refractivity contribution in [1.29, 1.82) is 0 Å². The summed E-state index contributed by atoms with van der Waals surface area (Å²) in [6, 6.07) is 24.3. The highest BCUT2D eigenvalue weighted by Crippen LogP contribution is 2.32. The first-order chi connectivity index (χ1) is 17.6. The molecule has 37 heavy (non-hydrogen) atoms. The number of aliphatic carboxylic acids is 1. The van der Waals surface area contributed by atoms with E-state index in [2.05, 4.69) is 5.32 Å². The van der Waals surface area contributed by atoms with Crippen molar-refractivity contribution in [3.8, 4) is 28.0 Å². The van der Waals surface area contributed by atoms with Crippen molar-refractivity contribution in [2.75, 3.05) is 0 Å². The second-order valence-corrected chi connectivity index (χ2v) is 8.42. The second-order valence-electron chi connectivity index (χ2n) is 8.42. The molecule has 0 spiro atoms. The molecule has 188 valence electrons. The standard InChI is InChI=1S/C29H22F3NO4/c30-29(31,32)23-13-10-20(11-14-23)22-12-15-26(34)24(16-22)28(37)33-25(17-27(35)36)21-8-6-19(7-9-21)18-4-2-1-3-5-18/h1-16,25,34H,17H2,(H,33,37)(H,35,36). The van der Waals surface area contributed by atoms with Crippen molar-refractivity contribution in [2.24, 2.45) is 0 Å². The molecule has 5 nitrogen and oxygen atoms in total. The molecule has 0 aromatic heterocycles. The highest BCUT2D eigenvalue weighted by atomic mass is 19.4. The minimum absolute atomic E-state index is 0.131. The number of halogens is 3. The number of nitrogens with one attached hydrogen (secondary N) is 1. The number of carboxylic acids is 1. The van der Waals surface area contributed by atoms with Crippen LogP contribution in [-0.2, 0) is 11.0 Å². The number of hydrogen-bond acceptors (Lipinski definition) is 3. The summed E-state index contributed by atoms with van der Waals surface area (Å²) >= 11 is 0. The summed E-state index contributed by atoms with van der Waals surface area (Å²) in [5.74, 6) is -2.19. The molecule has 0 aliphatic heterocycles. The van der Waals surface area contributed by atoms with Crippen LogP contribution in [0.25, 0.3) is 22.3 Å². The number of alkyl halides is 3. The molecule has 0 bridgehead atoms. The Bertz CT molecular complexity index is 1400. The van der Waals surface area contributed by atoms with Crippen LogP contribution in [0, 0.1) is 0 Å². The zero-order valence-electron chi connectivity index (χ0n) is 19.4. The van der Waals surface area contributed by atoms with E-state index in [4.69, 9.17) is 0 Å². The molecular weight excluding hydrogens is 483 g/mol. The van der Waals surface area contributed by atoms with Gasteiger partial charge in [0.15, 0.2) is 0 Å². The van der Waals surface area contributed by atoms with E-state index in [1.165, 1.54) is 30.3 Å². The molecule has 0 radical (unpaired) electrons. The first kappa shape index (κ1) is 25.5. The van der Waals surface area contributed by atoms with Crippen molar-refractivity contribution >= 4 is 11.9 Å². The Balaban J connectivity index is 1.58. The van der Waals surface area contributed by atoms with Gasteiger partial charge in [0.05, 0.1) is 23.6 Å². The molecule has 1 amide bonds. The zero-order chi connectivity index (χ0) is 26.6. The lowest BCUT2D eigenvalue weighted by Crippen LogP contribution is -2.30. The van der Waals surface area contributed by atoms with Crippen LogP contribution in [0.5, 0.6) is 5.75 Å². The van der Waals surface area contributed by atoms with Crippen LogP contribution in [-0.4, -0.2) is 22.1 Å². The minimum atomic E-state index is -4.48. The van der Waals surface area contributed by atoms with E-state index in [0.717, 1.165) is 23.3 Å². The van der Waals surface area contributed by atoms with E-state index in [1.807, 2.05) is 42.5 Å². The third-order valence-corrected chi connectivity index (χ3v) is 5.89. The SMILES string of the molecule is O=C(O)CC(NC(=O)c1cc(-c2ccc(C(F)(F)F)cc2)ccc1O)c1ccc(-c2ccccc2)cc1. The minimum Gasteiger partial charge on any atom is -0.507 e. The molecule has 4 rings (SSSR count). The van der Waals surface area contributed by atoms with Gasteiger partial charge in [-0.3, -0.25) is 9.59 Å². The average Bonchev–Trinajstić information content (AvgIpc) is 2.88. The van der Waals surface area contributed by atoms with Crippen molar-refractivity contribution in [2.45, 2.75) is 18.6 Å². The van der Waals surface area contributed by atoms with E-state index in [0.29, 0.717) is 16.7 Å². The van der Waals surface area contributed by atoms with Crippen LogP contribution in [0.2, 0.25) is 0 Å². The lowest BCUT2D eigenvalue weighted by Gasteiger charge is -2.19. The predicted molar refractivity (Wildman–Crippen MR) is 133 cm³/mol. The molecule has 0 heterocycles. The number of benzene rings is 4. The fourth-order valence-corrected chi connectivity index (χ4v) is 3.95. The number of carbonyl (C=O) groups excluding carboxylic acids is 1. The largest absolute Gasteiger partial charge is 0.507 e. The van der Waals surface area contributed by atoms with Gasteiger partial charge in [-0.2, -0.15) is 13.2 Å². The van der Waals surface area contributed by atoms with Gasteiger partial charge in [0, 0.05) is 0 Å². The lowest BCUT2D eigenvalue weighted by atomic mass is 9.98. The van der Waals surface area contributed by atoms with Crippen LogP contribution in [0.15, 0.2) is 97.1 Å². The molecule has 1 atom stereocenters. The molecule has 0 aliphatic carbocycles. The summed E-state index contributed by atoms with van der Waals surface area (Å²) in [4.78, 5) is 24.6. The monoisotopic (exact) mass is 505 g/mol. The van der Waals surface area contributed by atoms with Gasteiger partial charge in [-0.25, -0.2) is 0 Å². The molecule has 0 fully saturated rings. The van der Waals surface area contributed by atoms with E-state index in [1.54, 1.807) is 12.1 Å². The molecule has 0 saturated carbocycles. The van der Waals surface area contributed by atoms with Crippen LogP contribution >= 0.6 is 0 Å². The van der Waals surface area contributed by atoms with Gasteiger partial charge >= 0.3 is 12.1 Å². The Hall–Kier alpha value is -4.59. The molecule has 4 aromatic carbocycles. The highest BCUT2D eigenvalue weighted by molar-refractivity contribution is 5.98. The Kier molecular flexibility index (Phi) is 7.29. The number of phenols is 1. The summed E-state index contributed by atoms with van der Waals surface area (Å²) in [5.41, 5.74) is 2.37. The fraction of sp³-hybridized carbons (Fsp3) is 0.103. The van der Waals surface area contributed by atoms with Crippen molar-refractivity contribution in [3.05, 3.63) is 114 Å². The Morgan fingerprint density at radius 1 is 0.757 bits per heavy atom. The van der Waals surface area contributed by atoms with E-state index in [9.17, 15) is 33.0 Å². The van der Waals surface area contributed by atoms with Gasteiger partial charge in [0.25, 0.3) is 5.91 Å². The summed E-state index contributed by atoms with van der Waals surface area (Å²) in [5, 5.41) is 22.4. The lowest BCUT2D eigenvalue weighted by molar-refractivity contribution is -0.138. The summed E-state index contributed by atoms with van der Waals surface area (Å²) in [6.45, 7) is 0. The Morgan fingerprint density at radius 3 is 1.89 bits per heavy atom. The van der Waals surface area contributed by atoms with Crippen LogP contribution < -0.4 is 5.32 Å². The van der Waals surface area contributed by atoms with Crippen molar-refractivity contribution < 1.29 is 33.0 Å². The van der Waals surface area contributed by atoms with Gasteiger partial charge in [0.2, 0.25) is 0 Å². The number of carbonyl (C=O) groups is 2. The van der Waals surface area contributed by atoms with Gasteiger partial charge in [-0.15, -0.1) is 0 Å². The average molecular weight is 505 g/mol. The maximum absolute atomic E-state index is 13.1. The fourth-order valence-electron chi connectivity index (χ4n) is 3.95. The van der Waals surface area contributed by atoms with Crippen LogP contribution in [0.3, 0.4) is 0 Å².